The van der Waals surface area contributed by atoms with Crippen molar-refractivity contribution < 1.29 is 19.4 Å². The minimum atomic E-state index is -1.30. The van der Waals surface area contributed by atoms with Gasteiger partial charge in [0.15, 0.2) is 5.54 Å². The van der Waals surface area contributed by atoms with Crippen LogP contribution in [0.3, 0.4) is 0 Å². The zero-order valence-corrected chi connectivity index (χ0v) is 12.3. The molecular formula is C15H18N2O4. The van der Waals surface area contributed by atoms with Crippen molar-refractivity contribution in [1.82, 2.24) is 0 Å². The number of esters is 1. The lowest BCUT2D eigenvalue weighted by atomic mass is 9.95. The molecule has 6 nitrogen and oxygen atoms in total. The standard InChI is InChI=1S/C15H18N2O4/c1-4-21-13(18)12-9-15(3,14(19)20)17(16-12)11-7-5-6-10(2)8-11/h5-8H,4,9H2,1-3H3,(H,19,20)/t15-/m0/s1. The monoisotopic (exact) mass is 290 g/mol. The van der Waals surface area contributed by atoms with E-state index in [0.717, 1.165) is 5.56 Å². The van der Waals surface area contributed by atoms with Crippen molar-refractivity contribution in [1.29, 1.82) is 0 Å². The molecule has 0 saturated heterocycles. The van der Waals surface area contributed by atoms with Crippen molar-refractivity contribution in [2.45, 2.75) is 32.7 Å². The number of hydrogen-bond acceptors (Lipinski definition) is 5. The Hall–Kier alpha value is -2.37. The number of aryl methyl sites for hydroxylation is 1. The summed E-state index contributed by atoms with van der Waals surface area (Å²) in [7, 11) is 0. The molecule has 0 unspecified atom stereocenters. The zero-order valence-electron chi connectivity index (χ0n) is 12.3. The highest BCUT2D eigenvalue weighted by Crippen LogP contribution is 2.33. The lowest BCUT2D eigenvalue weighted by Crippen LogP contribution is -2.47. The fourth-order valence-corrected chi connectivity index (χ4v) is 2.26. The van der Waals surface area contributed by atoms with Crippen molar-refractivity contribution in [3.63, 3.8) is 0 Å². The number of hydrazone groups is 1. The fourth-order valence-electron chi connectivity index (χ4n) is 2.26. The molecule has 1 aromatic rings. The normalized spacial score (nSPS) is 21.1. The zero-order chi connectivity index (χ0) is 15.6. The highest BCUT2D eigenvalue weighted by Gasteiger charge is 2.48. The summed E-state index contributed by atoms with van der Waals surface area (Å²) in [5.74, 6) is -1.60. The Morgan fingerprint density at radius 3 is 2.76 bits per heavy atom. The van der Waals surface area contributed by atoms with E-state index >= 15 is 0 Å². The Morgan fingerprint density at radius 2 is 2.19 bits per heavy atom. The molecule has 1 heterocycles. The van der Waals surface area contributed by atoms with Crippen LogP contribution in [0.1, 0.15) is 25.8 Å². The average Bonchev–Trinajstić information content (AvgIpc) is 2.79. The van der Waals surface area contributed by atoms with Gasteiger partial charge in [0.2, 0.25) is 0 Å². The van der Waals surface area contributed by atoms with Gasteiger partial charge in [-0.2, -0.15) is 5.10 Å². The molecule has 1 atom stereocenters. The van der Waals surface area contributed by atoms with Gasteiger partial charge in [-0.05, 0) is 38.5 Å². The van der Waals surface area contributed by atoms with Crippen LogP contribution in [0.5, 0.6) is 0 Å². The van der Waals surface area contributed by atoms with Crippen molar-refractivity contribution in [2.24, 2.45) is 5.10 Å². The van der Waals surface area contributed by atoms with Gasteiger partial charge in [0.25, 0.3) is 0 Å². The number of rotatable bonds is 4. The highest BCUT2D eigenvalue weighted by molar-refractivity contribution is 6.38. The molecule has 0 aliphatic carbocycles. The van der Waals surface area contributed by atoms with Gasteiger partial charge in [0.1, 0.15) is 5.71 Å². The molecule has 1 N–H and O–H groups in total. The maximum absolute atomic E-state index is 11.8. The molecule has 1 aliphatic heterocycles. The van der Waals surface area contributed by atoms with E-state index in [1.54, 1.807) is 19.9 Å². The number of hydrogen-bond donors (Lipinski definition) is 1. The summed E-state index contributed by atoms with van der Waals surface area (Å²) < 4.78 is 4.92. The Morgan fingerprint density at radius 1 is 1.48 bits per heavy atom. The number of anilines is 1. The summed E-state index contributed by atoms with van der Waals surface area (Å²) in [4.78, 5) is 23.5. The van der Waals surface area contributed by atoms with Crippen molar-refractivity contribution >= 4 is 23.3 Å². The molecule has 6 heteroatoms. The predicted molar refractivity (Wildman–Crippen MR) is 78.4 cm³/mol. The van der Waals surface area contributed by atoms with E-state index in [0.29, 0.717) is 5.69 Å². The van der Waals surface area contributed by atoms with Crippen LogP contribution in [0.15, 0.2) is 29.4 Å². The SMILES string of the molecule is CCOC(=O)C1=NN(c2cccc(C)c2)[C@](C)(C(=O)O)C1. The first kappa shape index (κ1) is 15.0. The summed E-state index contributed by atoms with van der Waals surface area (Å²) >= 11 is 0. The van der Waals surface area contributed by atoms with E-state index in [1.165, 1.54) is 5.01 Å². The van der Waals surface area contributed by atoms with Gasteiger partial charge in [-0.15, -0.1) is 0 Å². The first-order chi connectivity index (χ1) is 9.88. The largest absolute Gasteiger partial charge is 0.479 e. The van der Waals surface area contributed by atoms with E-state index in [9.17, 15) is 14.7 Å². The van der Waals surface area contributed by atoms with Crippen LogP contribution in [0, 0.1) is 6.92 Å². The minimum Gasteiger partial charge on any atom is -0.479 e. The van der Waals surface area contributed by atoms with Gasteiger partial charge in [0, 0.05) is 6.42 Å². The van der Waals surface area contributed by atoms with Gasteiger partial charge in [-0.3, -0.25) is 0 Å². The number of carboxylic acids is 1. The lowest BCUT2D eigenvalue weighted by Gasteiger charge is -2.30. The Kier molecular flexibility index (Phi) is 3.97. The number of nitrogens with zero attached hydrogens (tertiary/aromatic N) is 2. The number of carboxylic acid groups (broad SMARTS) is 1. The van der Waals surface area contributed by atoms with Crippen LogP contribution in [0.2, 0.25) is 0 Å². The first-order valence-corrected chi connectivity index (χ1v) is 6.73. The lowest BCUT2D eigenvalue weighted by molar-refractivity contribution is -0.142. The summed E-state index contributed by atoms with van der Waals surface area (Å²) in [5.41, 5.74) is 0.457. The molecule has 0 bridgehead atoms. The van der Waals surface area contributed by atoms with E-state index in [-0.39, 0.29) is 18.7 Å². The summed E-state index contributed by atoms with van der Waals surface area (Å²) in [5, 5.41) is 15.1. The van der Waals surface area contributed by atoms with Crippen LogP contribution in [-0.4, -0.2) is 34.9 Å². The van der Waals surface area contributed by atoms with E-state index in [4.69, 9.17) is 4.74 Å². The number of carbonyl (C=O) groups excluding carboxylic acids is 1. The molecular weight excluding hydrogens is 272 g/mol. The quantitative estimate of drug-likeness (QED) is 0.858. The van der Waals surface area contributed by atoms with E-state index < -0.39 is 17.5 Å². The predicted octanol–water partition coefficient (Wildman–Crippen LogP) is 1.97. The van der Waals surface area contributed by atoms with Crippen molar-refractivity contribution in [2.75, 3.05) is 11.6 Å². The highest BCUT2D eigenvalue weighted by atomic mass is 16.5. The van der Waals surface area contributed by atoms with Gasteiger partial charge < -0.3 is 9.84 Å². The molecule has 112 valence electrons. The van der Waals surface area contributed by atoms with E-state index in [2.05, 4.69) is 5.10 Å². The third kappa shape index (κ3) is 2.74. The molecule has 0 fully saturated rings. The van der Waals surface area contributed by atoms with Crippen molar-refractivity contribution in [3.05, 3.63) is 29.8 Å². The van der Waals surface area contributed by atoms with Gasteiger partial charge >= 0.3 is 11.9 Å². The first-order valence-electron chi connectivity index (χ1n) is 6.73. The van der Waals surface area contributed by atoms with E-state index in [1.807, 2.05) is 25.1 Å². The van der Waals surface area contributed by atoms with Crippen LogP contribution < -0.4 is 5.01 Å². The number of carbonyl (C=O) groups is 2. The topological polar surface area (TPSA) is 79.2 Å². The Balaban J connectivity index is 2.42. The second-order valence-corrected chi connectivity index (χ2v) is 5.17. The van der Waals surface area contributed by atoms with Gasteiger partial charge in [0.05, 0.1) is 12.3 Å². The maximum atomic E-state index is 11.8. The molecule has 21 heavy (non-hydrogen) atoms. The summed E-state index contributed by atoms with van der Waals surface area (Å²) in [6.07, 6.45) is 0.00904. The second kappa shape index (κ2) is 5.55. The smallest absolute Gasteiger partial charge is 0.354 e. The average molecular weight is 290 g/mol. The molecule has 1 aliphatic rings. The molecule has 0 radical (unpaired) electrons. The van der Waals surface area contributed by atoms with Gasteiger partial charge in [-0.1, -0.05) is 12.1 Å². The molecule has 1 aromatic carbocycles. The summed E-state index contributed by atoms with van der Waals surface area (Å²) in [6.45, 7) is 5.38. The summed E-state index contributed by atoms with van der Waals surface area (Å²) in [6, 6.07) is 7.34. The van der Waals surface area contributed by atoms with Crippen LogP contribution in [-0.2, 0) is 14.3 Å². The van der Waals surface area contributed by atoms with Crippen molar-refractivity contribution in [3.8, 4) is 0 Å². The van der Waals surface area contributed by atoms with Crippen LogP contribution >= 0.6 is 0 Å². The number of benzene rings is 1. The van der Waals surface area contributed by atoms with Gasteiger partial charge in [-0.25, -0.2) is 14.6 Å². The number of ether oxygens (including phenoxy) is 1. The number of aliphatic carboxylic acids is 1. The second-order valence-electron chi connectivity index (χ2n) is 5.17. The fraction of sp³-hybridized carbons (Fsp3) is 0.400. The molecule has 0 aromatic heterocycles. The third-order valence-electron chi connectivity index (χ3n) is 3.42. The third-order valence-corrected chi connectivity index (χ3v) is 3.42. The minimum absolute atomic E-state index is 0.00904. The molecule has 0 spiro atoms. The molecule has 0 amide bonds. The molecule has 2 rings (SSSR count). The Labute approximate surface area is 123 Å². The van der Waals surface area contributed by atoms with Crippen LogP contribution in [0.25, 0.3) is 0 Å². The maximum Gasteiger partial charge on any atom is 0.354 e. The van der Waals surface area contributed by atoms with Crippen LogP contribution in [0.4, 0.5) is 5.69 Å². The molecule has 0 saturated carbocycles. The Bertz CT molecular complexity index is 611.